The van der Waals surface area contributed by atoms with Gasteiger partial charge in [-0.2, -0.15) is 13.2 Å². The van der Waals surface area contributed by atoms with Crippen molar-refractivity contribution in [2.24, 2.45) is 5.11 Å². The van der Waals surface area contributed by atoms with Crippen molar-refractivity contribution in [1.29, 1.82) is 0 Å². The molecule has 1 aromatic rings. The Balaban J connectivity index is 3.08. The minimum Gasteiger partial charge on any atom is -0.388 e. The number of nitrogens with zero attached hydrogens (tertiary/aromatic N) is 3. The van der Waals surface area contributed by atoms with Gasteiger partial charge in [-0.25, -0.2) is 4.39 Å². The van der Waals surface area contributed by atoms with E-state index in [4.69, 9.17) is 5.53 Å². The van der Waals surface area contributed by atoms with Gasteiger partial charge in [0, 0.05) is 4.91 Å². The first kappa shape index (κ1) is 13.3. The molecular formula is C9H7F4N3O. The summed E-state index contributed by atoms with van der Waals surface area (Å²) >= 11 is 0. The lowest BCUT2D eigenvalue weighted by atomic mass is 10.1. The highest BCUT2D eigenvalue weighted by Crippen LogP contribution is 2.33. The normalized spacial score (nSPS) is 13.0. The number of hydrogen-bond acceptors (Lipinski definition) is 2. The standard InChI is InChI=1S/C9H7F4N3O/c10-7-2-1-5(8(17)4-15-16-14)3-6(7)9(11,12)13/h1-3,8,17H,4H2/t8-/m0/s1. The van der Waals surface area contributed by atoms with Crippen LogP contribution in [0.4, 0.5) is 17.6 Å². The molecule has 1 atom stereocenters. The van der Waals surface area contributed by atoms with E-state index in [1.165, 1.54) is 0 Å². The van der Waals surface area contributed by atoms with Gasteiger partial charge < -0.3 is 5.11 Å². The Kier molecular flexibility index (Phi) is 3.93. The van der Waals surface area contributed by atoms with E-state index in [0.717, 1.165) is 6.07 Å². The summed E-state index contributed by atoms with van der Waals surface area (Å²) in [5, 5.41) is 12.4. The molecule has 0 heterocycles. The summed E-state index contributed by atoms with van der Waals surface area (Å²) in [6.07, 6.45) is -6.23. The van der Waals surface area contributed by atoms with E-state index in [0.29, 0.717) is 12.1 Å². The fourth-order valence-electron chi connectivity index (χ4n) is 1.19. The van der Waals surface area contributed by atoms with Gasteiger partial charge >= 0.3 is 6.18 Å². The number of hydrogen-bond donors (Lipinski definition) is 1. The second-order valence-electron chi connectivity index (χ2n) is 3.17. The Bertz CT molecular complexity index is 454. The molecule has 17 heavy (non-hydrogen) atoms. The third-order valence-electron chi connectivity index (χ3n) is 2.00. The molecule has 4 nitrogen and oxygen atoms in total. The van der Waals surface area contributed by atoms with Gasteiger partial charge in [0.05, 0.1) is 18.2 Å². The average Bonchev–Trinajstić information content (AvgIpc) is 2.25. The number of rotatable bonds is 3. The molecule has 0 radical (unpaired) electrons. The fourth-order valence-corrected chi connectivity index (χ4v) is 1.19. The van der Waals surface area contributed by atoms with Crippen molar-refractivity contribution in [2.45, 2.75) is 12.3 Å². The van der Waals surface area contributed by atoms with Crippen molar-refractivity contribution in [1.82, 2.24) is 0 Å². The van der Waals surface area contributed by atoms with Gasteiger partial charge in [0.2, 0.25) is 0 Å². The molecule has 0 aliphatic heterocycles. The smallest absolute Gasteiger partial charge is 0.388 e. The number of aliphatic hydroxyl groups excluding tert-OH is 1. The number of aliphatic hydroxyl groups is 1. The molecule has 8 heteroatoms. The summed E-state index contributed by atoms with van der Waals surface area (Å²) in [6, 6.07) is 2.10. The van der Waals surface area contributed by atoms with Crippen LogP contribution in [0.5, 0.6) is 0 Å². The quantitative estimate of drug-likeness (QED) is 0.380. The van der Waals surface area contributed by atoms with Gasteiger partial charge in [-0.05, 0) is 23.2 Å². The van der Waals surface area contributed by atoms with E-state index in [9.17, 15) is 22.7 Å². The maximum atomic E-state index is 12.9. The lowest BCUT2D eigenvalue weighted by Crippen LogP contribution is -2.10. The van der Waals surface area contributed by atoms with E-state index < -0.39 is 30.2 Å². The van der Waals surface area contributed by atoms with Crippen LogP contribution in [-0.4, -0.2) is 11.7 Å². The zero-order chi connectivity index (χ0) is 13.1. The molecule has 0 fully saturated rings. The lowest BCUT2D eigenvalue weighted by Gasteiger charge is -2.12. The van der Waals surface area contributed by atoms with Gasteiger partial charge in [-0.1, -0.05) is 11.2 Å². The molecule has 0 unspecified atom stereocenters. The molecule has 0 saturated carbocycles. The molecule has 1 rings (SSSR count). The summed E-state index contributed by atoms with van der Waals surface area (Å²) < 4.78 is 49.9. The summed E-state index contributed by atoms with van der Waals surface area (Å²) in [7, 11) is 0. The van der Waals surface area contributed by atoms with E-state index in [-0.39, 0.29) is 5.56 Å². The van der Waals surface area contributed by atoms with Gasteiger partial charge in [0.1, 0.15) is 5.82 Å². The molecule has 1 N–H and O–H groups in total. The first-order valence-corrected chi connectivity index (χ1v) is 4.42. The van der Waals surface area contributed by atoms with Crippen LogP contribution in [0.3, 0.4) is 0 Å². The average molecular weight is 249 g/mol. The third kappa shape index (κ3) is 3.33. The molecule has 0 bridgehead atoms. The summed E-state index contributed by atoms with van der Waals surface area (Å²) in [5.41, 5.74) is 6.37. The van der Waals surface area contributed by atoms with Crippen LogP contribution in [0.15, 0.2) is 23.3 Å². The second-order valence-corrected chi connectivity index (χ2v) is 3.17. The number of benzene rings is 1. The number of azide groups is 1. The van der Waals surface area contributed by atoms with Crippen LogP contribution in [0.2, 0.25) is 0 Å². The van der Waals surface area contributed by atoms with Crippen LogP contribution >= 0.6 is 0 Å². The Morgan fingerprint density at radius 2 is 2.06 bits per heavy atom. The van der Waals surface area contributed by atoms with E-state index in [1.807, 2.05) is 0 Å². The van der Waals surface area contributed by atoms with Crippen molar-refractivity contribution in [2.75, 3.05) is 6.54 Å². The summed E-state index contributed by atoms with van der Waals surface area (Å²) in [4.78, 5) is 2.36. The Morgan fingerprint density at radius 1 is 1.41 bits per heavy atom. The summed E-state index contributed by atoms with van der Waals surface area (Å²) in [5.74, 6) is -1.42. The predicted molar refractivity (Wildman–Crippen MR) is 50.4 cm³/mol. The lowest BCUT2D eigenvalue weighted by molar-refractivity contribution is -0.140. The number of alkyl halides is 3. The maximum absolute atomic E-state index is 12.9. The Labute approximate surface area is 93.1 Å². The van der Waals surface area contributed by atoms with Crippen molar-refractivity contribution in [3.05, 3.63) is 45.6 Å². The molecule has 92 valence electrons. The van der Waals surface area contributed by atoms with Gasteiger partial charge in [-0.15, -0.1) is 0 Å². The minimum atomic E-state index is -4.84. The minimum absolute atomic E-state index is 0.161. The Morgan fingerprint density at radius 3 is 2.59 bits per heavy atom. The molecule has 0 saturated heterocycles. The number of halogens is 4. The highest BCUT2D eigenvalue weighted by Gasteiger charge is 2.34. The van der Waals surface area contributed by atoms with Crippen LogP contribution in [0.1, 0.15) is 17.2 Å². The van der Waals surface area contributed by atoms with Gasteiger partial charge in [0.15, 0.2) is 0 Å². The van der Waals surface area contributed by atoms with Gasteiger partial charge in [0.25, 0.3) is 0 Å². The van der Waals surface area contributed by atoms with Crippen molar-refractivity contribution < 1.29 is 22.7 Å². The monoisotopic (exact) mass is 249 g/mol. The first-order valence-electron chi connectivity index (χ1n) is 4.42. The fraction of sp³-hybridized carbons (Fsp3) is 0.333. The summed E-state index contributed by atoms with van der Waals surface area (Å²) in [6.45, 7) is -0.417. The largest absolute Gasteiger partial charge is 0.419 e. The highest BCUT2D eigenvalue weighted by atomic mass is 19.4. The predicted octanol–water partition coefficient (Wildman–Crippen LogP) is 3.19. The van der Waals surface area contributed by atoms with E-state index >= 15 is 0 Å². The molecule has 0 amide bonds. The zero-order valence-electron chi connectivity index (χ0n) is 8.32. The van der Waals surface area contributed by atoms with Crippen molar-refractivity contribution >= 4 is 0 Å². The van der Waals surface area contributed by atoms with Crippen LogP contribution in [0, 0.1) is 5.82 Å². The molecule has 0 spiro atoms. The second kappa shape index (κ2) is 5.03. The van der Waals surface area contributed by atoms with Crippen molar-refractivity contribution in [3.8, 4) is 0 Å². The first-order chi connectivity index (χ1) is 7.86. The molecule has 0 aliphatic carbocycles. The van der Waals surface area contributed by atoms with E-state index in [2.05, 4.69) is 10.0 Å². The van der Waals surface area contributed by atoms with Crippen molar-refractivity contribution in [3.63, 3.8) is 0 Å². The van der Waals surface area contributed by atoms with Crippen LogP contribution < -0.4 is 0 Å². The van der Waals surface area contributed by atoms with Crippen LogP contribution in [0.25, 0.3) is 10.4 Å². The molecule has 0 aliphatic rings. The third-order valence-corrected chi connectivity index (χ3v) is 2.00. The van der Waals surface area contributed by atoms with Crippen LogP contribution in [-0.2, 0) is 6.18 Å². The van der Waals surface area contributed by atoms with Gasteiger partial charge in [-0.3, -0.25) is 0 Å². The molecule has 1 aromatic carbocycles. The van der Waals surface area contributed by atoms with E-state index in [1.54, 1.807) is 0 Å². The Hall–Kier alpha value is -1.79. The maximum Gasteiger partial charge on any atom is 0.419 e. The SMILES string of the molecule is [N-]=[N+]=NC[C@H](O)c1ccc(F)c(C(F)(F)F)c1. The topological polar surface area (TPSA) is 69.0 Å². The molecular weight excluding hydrogens is 242 g/mol. The molecule has 0 aromatic heterocycles. The zero-order valence-corrected chi connectivity index (χ0v) is 8.32. The highest BCUT2D eigenvalue weighted by molar-refractivity contribution is 5.28.